The molecule has 4 nitrogen and oxygen atoms in total. The summed E-state index contributed by atoms with van der Waals surface area (Å²) in [4.78, 5) is 22.4. The predicted octanol–water partition coefficient (Wildman–Crippen LogP) is 4.28. The minimum atomic E-state index is -0.463. The van der Waals surface area contributed by atoms with Crippen molar-refractivity contribution in [3.8, 4) is 11.1 Å². The van der Waals surface area contributed by atoms with Crippen molar-refractivity contribution >= 4 is 23.4 Å². The molecule has 0 heterocycles. The van der Waals surface area contributed by atoms with Crippen molar-refractivity contribution in [1.29, 1.82) is 0 Å². The van der Waals surface area contributed by atoms with Crippen LogP contribution in [0.15, 0.2) is 42.5 Å². The molecule has 0 aliphatic heterocycles. The van der Waals surface area contributed by atoms with E-state index in [0.29, 0.717) is 12.0 Å². The van der Waals surface area contributed by atoms with E-state index in [0.717, 1.165) is 17.5 Å². The number of hydrogen-bond donors (Lipinski definition) is 1. The Morgan fingerprint density at radius 1 is 1.24 bits per heavy atom. The maximum atomic E-state index is 11.5. The summed E-state index contributed by atoms with van der Waals surface area (Å²) in [5, 5.41) is 10.9. The Hall–Kier alpha value is -2.14. The molecular weight excluding hydrogens is 286 g/mol. The SMILES string of the molecule is CCCc1cc(C(=O)S)cc([N+](=O)[O-])c1-c1ccccc1. The van der Waals surface area contributed by atoms with Crippen LogP contribution in [0.4, 0.5) is 5.69 Å². The molecule has 0 fully saturated rings. The number of carbonyl (C=O) groups is 1. The first-order chi connectivity index (χ1) is 10.0. The van der Waals surface area contributed by atoms with E-state index in [1.807, 2.05) is 37.3 Å². The third-order valence-corrected chi connectivity index (χ3v) is 3.48. The van der Waals surface area contributed by atoms with Crippen LogP contribution in [0.2, 0.25) is 0 Å². The van der Waals surface area contributed by atoms with E-state index >= 15 is 0 Å². The highest BCUT2D eigenvalue weighted by Crippen LogP contribution is 2.35. The van der Waals surface area contributed by atoms with Crippen LogP contribution in [0.5, 0.6) is 0 Å². The number of nitro benzene ring substituents is 1. The standard InChI is InChI=1S/C16H15NO3S/c1-2-6-12-9-13(16(18)21)10-14(17(19)20)15(12)11-7-4-3-5-8-11/h3-5,7-10H,2,6H2,1H3,(H,18,21). The summed E-state index contributed by atoms with van der Waals surface area (Å²) in [5.74, 6) is 0. The topological polar surface area (TPSA) is 60.2 Å². The molecule has 5 heteroatoms. The lowest BCUT2D eigenvalue weighted by molar-refractivity contribution is -0.384. The van der Waals surface area contributed by atoms with Gasteiger partial charge >= 0.3 is 0 Å². The third-order valence-electron chi connectivity index (χ3n) is 3.22. The molecule has 0 radical (unpaired) electrons. The van der Waals surface area contributed by atoms with E-state index in [4.69, 9.17) is 0 Å². The van der Waals surface area contributed by atoms with Crippen LogP contribution >= 0.6 is 12.6 Å². The average molecular weight is 301 g/mol. The molecule has 0 N–H and O–H groups in total. The fourth-order valence-electron chi connectivity index (χ4n) is 2.36. The van der Waals surface area contributed by atoms with Gasteiger partial charge in [0.1, 0.15) is 0 Å². The van der Waals surface area contributed by atoms with Crippen LogP contribution in [0.1, 0.15) is 29.3 Å². The van der Waals surface area contributed by atoms with Crippen molar-refractivity contribution in [3.05, 3.63) is 63.7 Å². The lowest BCUT2D eigenvalue weighted by Crippen LogP contribution is -2.01. The second-order valence-corrected chi connectivity index (χ2v) is 5.11. The van der Waals surface area contributed by atoms with E-state index in [1.54, 1.807) is 6.07 Å². The highest BCUT2D eigenvalue weighted by Gasteiger charge is 2.22. The molecule has 0 bridgehead atoms. The first kappa shape index (κ1) is 15.3. The molecule has 0 aliphatic carbocycles. The van der Waals surface area contributed by atoms with Gasteiger partial charge in [-0.3, -0.25) is 14.9 Å². The highest BCUT2D eigenvalue weighted by atomic mass is 32.1. The average Bonchev–Trinajstić information content (AvgIpc) is 2.47. The zero-order chi connectivity index (χ0) is 15.4. The second kappa shape index (κ2) is 6.54. The first-order valence-electron chi connectivity index (χ1n) is 6.64. The third kappa shape index (κ3) is 3.31. The van der Waals surface area contributed by atoms with Crippen molar-refractivity contribution in [2.45, 2.75) is 19.8 Å². The van der Waals surface area contributed by atoms with Crippen LogP contribution in [0, 0.1) is 10.1 Å². The van der Waals surface area contributed by atoms with E-state index < -0.39 is 10.0 Å². The largest absolute Gasteiger partial charge is 0.282 e. The molecule has 0 aromatic heterocycles. The predicted molar refractivity (Wildman–Crippen MR) is 85.8 cm³/mol. The Bertz CT molecular complexity index is 683. The van der Waals surface area contributed by atoms with Gasteiger partial charge in [-0.1, -0.05) is 43.7 Å². The molecule has 0 aliphatic rings. The number of carbonyl (C=O) groups excluding carboxylic acids is 1. The minimum Gasteiger partial charge on any atom is -0.282 e. The fourth-order valence-corrected chi connectivity index (χ4v) is 2.49. The van der Waals surface area contributed by atoms with Crippen molar-refractivity contribution in [2.24, 2.45) is 0 Å². The van der Waals surface area contributed by atoms with Gasteiger partial charge in [-0.15, -0.1) is 12.6 Å². The Labute approximate surface area is 128 Å². The van der Waals surface area contributed by atoms with Gasteiger partial charge < -0.3 is 0 Å². The van der Waals surface area contributed by atoms with Gasteiger partial charge in [0.05, 0.1) is 10.5 Å². The molecule has 0 saturated carbocycles. The molecule has 2 rings (SSSR count). The number of benzene rings is 2. The Kier molecular flexibility index (Phi) is 4.75. The Balaban J connectivity index is 2.76. The molecule has 0 saturated heterocycles. The van der Waals surface area contributed by atoms with E-state index in [1.165, 1.54) is 6.07 Å². The number of nitro groups is 1. The fraction of sp³-hybridized carbons (Fsp3) is 0.188. The van der Waals surface area contributed by atoms with Gasteiger partial charge in [-0.2, -0.15) is 0 Å². The molecule has 0 amide bonds. The summed E-state index contributed by atoms with van der Waals surface area (Å²) in [6.07, 6.45) is 1.50. The van der Waals surface area contributed by atoms with Crippen LogP contribution in [-0.4, -0.2) is 10.0 Å². The summed E-state index contributed by atoms with van der Waals surface area (Å²) >= 11 is 3.78. The van der Waals surface area contributed by atoms with Gasteiger partial charge in [0.2, 0.25) is 5.12 Å². The van der Waals surface area contributed by atoms with Crippen molar-refractivity contribution in [2.75, 3.05) is 0 Å². The summed E-state index contributed by atoms with van der Waals surface area (Å²) in [7, 11) is 0. The van der Waals surface area contributed by atoms with Crippen LogP contribution in [0.3, 0.4) is 0 Å². The smallest absolute Gasteiger partial charge is 0.278 e. The van der Waals surface area contributed by atoms with E-state index in [-0.39, 0.29) is 11.3 Å². The molecule has 21 heavy (non-hydrogen) atoms. The Morgan fingerprint density at radius 2 is 1.90 bits per heavy atom. The van der Waals surface area contributed by atoms with Gasteiger partial charge in [0.25, 0.3) is 5.69 Å². The lowest BCUT2D eigenvalue weighted by atomic mass is 9.93. The lowest BCUT2D eigenvalue weighted by Gasteiger charge is -2.11. The summed E-state index contributed by atoms with van der Waals surface area (Å²) in [6, 6.07) is 12.2. The number of aryl methyl sites for hydroxylation is 1. The summed E-state index contributed by atoms with van der Waals surface area (Å²) in [6.45, 7) is 2.00. The van der Waals surface area contributed by atoms with Gasteiger partial charge in [-0.25, -0.2) is 0 Å². The van der Waals surface area contributed by atoms with Gasteiger partial charge in [0.15, 0.2) is 0 Å². The number of thiol groups is 1. The quantitative estimate of drug-likeness (QED) is 0.509. The molecular formula is C16H15NO3S. The van der Waals surface area contributed by atoms with Gasteiger partial charge in [-0.05, 0) is 23.6 Å². The minimum absolute atomic E-state index is 0.0513. The summed E-state index contributed by atoms with van der Waals surface area (Å²) in [5.41, 5.74) is 2.37. The van der Waals surface area contributed by atoms with Crippen molar-refractivity contribution < 1.29 is 9.72 Å². The maximum Gasteiger partial charge on any atom is 0.278 e. The monoisotopic (exact) mass is 301 g/mol. The second-order valence-electron chi connectivity index (χ2n) is 4.71. The maximum absolute atomic E-state index is 11.5. The number of hydrogen-bond acceptors (Lipinski definition) is 3. The summed E-state index contributed by atoms with van der Waals surface area (Å²) < 4.78 is 0. The first-order valence-corrected chi connectivity index (χ1v) is 7.09. The van der Waals surface area contributed by atoms with Crippen LogP contribution < -0.4 is 0 Å². The number of nitrogens with zero attached hydrogens (tertiary/aromatic N) is 1. The van der Waals surface area contributed by atoms with Gasteiger partial charge in [0, 0.05) is 11.6 Å². The highest BCUT2D eigenvalue weighted by molar-refractivity contribution is 7.97. The van der Waals surface area contributed by atoms with E-state index in [2.05, 4.69) is 12.6 Å². The Morgan fingerprint density at radius 3 is 2.43 bits per heavy atom. The van der Waals surface area contributed by atoms with Crippen LogP contribution in [-0.2, 0) is 6.42 Å². The molecule has 0 unspecified atom stereocenters. The zero-order valence-corrected chi connectivity index (χ0v) is 12.5. The molecule has 0 spiro atoms. The van der Waals surface area contributed by atoms with E-state index in [9.17, 15) is 14.9 Å². The number of rotatable bonds is 5. The molecule has 2 aromatic rings. The molecule has 2 aromatic carbocycles. The normalized spacial score (nSPS) is 10.4. The van der Waals surface area contributed by atoms with Crippen molar-refractivity contribution in [1.82, 2.24) is 0 Å². The van der Waals surface area contributed by atoms with Crippen molar-refractivity contribution in [3.63, 3.8) is 0 Å². The molecule has 108 valence electrons. The van der Waals surface area contributed by atoms with Crippen LogP contribution in [0.25, 0.3) is 11.1 Å². The molecule has 0 atom stereocenters. The zero-order valence-electron chi connectivity index (χ0n) is 11.6.